The molecule has 2 heteroatoms. The zero-order valence-electron chi connectivity index (χ0n) is 7.79. The van der Waals surface area contributed by atoms with Gasteiger partial charge in [-0.2, -0.15) is 5.26 Å². The third kappa shape index (κ3) is 2.29. The van der Waals surface area contributed by atoms with E-state index < -0.39 is 0 Å². The summed E-state index contributed by atoms with van der Waals surface area (Å²) in [5.74, 6) is -0.139. The molecule has 0 bridgehead atoms. The summed E-state index contributed by atoms with van der Waals surface area (Å²) >= 11 is 0. The summed E-state index contributed by atoms with van der Waals surface area (Å²) < 4.78 is 12.6. The van der Waals surface area contributed by atoms with E-state index in [1.165, 1.54) is 12.1 Å². The lowest BCUT2D eigenvalue weighted by Gasteiger charge is -2.12. The lowest BCUT2D eigenvalue weighted by molar-refractivity contribution is 0.583. The number of nitriles is 1. The molecule has 0 aliphatic carbocycles. The molecule has 0 saturated carbocycles. The van der Waals surface area contributed by atoms with E-state index in [9.17, 15) is 4.39 Å². The summed E-state index contributed by atoms with van der Waals surface area (Å²) in [5, 5.41) is 8.88. The normalized spacial score (nSPS) is 12.5. The van der Waals surface area contributed by atoms with Crippen molar-refractivity contribution in [2.24, 2.45) is 5.92 Å². The molecule has 1 aromatic carbocycles. The van der Waals surface area contributed by atoms with Crippen LogP contribution in [0, 0.1) is 23.1 Å². The van der Waals surface area contributed by atoms with Gasteiger partial charge in [0, 0.05) is 0 Å². The maximum atomic E-state index is 12.6. The molecule has 1 atom stereocenters. The molecule has 1 rings (SSSR count). The molecule has 0 heterocycles. The molecule has 0 saturated heterocycles. The predicted molar refractivity (Wildman–Crippen MR) is 49.6 cm³/mol. The summed E-state index contributed by atoms with van der Waals surface area (Å²) in [6.07, 6.45) is 0. The van der Waals surface area contributed by atoms with Gasteiger partial charge in [-0.3, -0.25) is 0 Å². The highest BCUT2D eigenvalue weighted by Crippen LogP contribution is 2.23. The molecule has 68 valence electrons. The molecule has 1 nitrogen and oxygen atoms in total. The number of benzene rings is 1. The minimum atomic E-state index is -0.260. The van der Waals surface area contributed by atoms with Crippen molar-refractivity contribution < 1.29 is 4.39 Å². The van der Waals surface area contributed by atoms with Gasteiger partial charge >= 0.3 is 0 Å². The summed E-state index contributed by atoms with van der Waals surface area (Å²) in [6, 6.07) is 8.34. The summed E-state index contributed by atoms with van der Waals surface area (Å²) in [5.41, 5.74) is 0.888. The highest BCUT2D eigenvalue weighted by atomic mass is 19.1. The molecule has 0 N–H and O–H groups in total. The zero-order valence-corrected chi connectivity index (χ0v) is 7.79. The average Bonchev–Trinajstić information content (AvgIpc) is 2.09. The quantitative estimate of drug-likeness (QED) is 0.681. The minimum Gasteiger partial charge on any atom is -0.207 e. The zero-order chi connectivity index (χ0) is 9.84. The monoisotopic (exact) mass is 177 g/mol. The van der Waals surface area contributed by atoms with Crippen LogP contribution in [-0.2, 0) is 0 Å². The van der Waals surface area contributed by atoms with Crippen molar-refractivity contribution in [3.63, 3.8) is 0 Å². The predicted octanol–water partition coefficient (Wildman–Crippen LogP) is 3.09. The fraction of sp³-hybridized carbons (Fsp3) is 0.364. The average molecular weight is 177 g/mol. The molecule has 0 unspecified atom stereocenters. The van der Waals surface area contributed by atoms with Gasteiger partial charge in [0.1, 0.15) is 5.82 Å². The molecule has 0 fully saturated rings. The first-order valence-electron chi connectivity index (χ1n) is 4.30. The van der Waals surface area contributed by atoms with Crippen molar-refractivity contribution in [2.75, 3.05) is 0 Å². The Balaban J connectivity index is 2.94. The second kappa shape index (κ2) is 4.04. The highest BCUT2D eigenvalue weighted by Gasteiger charge is 2.14. The van der Waals surface area contributed by atoms with Crippen LogP contribution >= 0.6 is 0 Å². The van der Waals surface area contributed by atoms with Gasteiger partial charge in [0.2, 0.25) is 0 Å². The Morgan fingerprint density at radius 3 is 2.15 bits per heavy atom. The maximum Gasteiger partial charge on any atom is 0.123 e. The Hall–Kier alpha value is -1.36. The van der Waals surface area contributed by atoms with Crippen molar-refractivity contribution in [3.05, 3.63) is 35.6 Å². The van der Waals surface area contributed by atoms with Gasteiger partial charge in [0.25, 0.3) is 0 Å². The molecule has 0 aromatic heterocycles. The largest absolute Gasteiger partial charge is 0.207 e. The molecule has 13 heavy (non-hydrogen) atoms. The first-order chi connectivity index (χ1) is 6.15. The van der Waals surface area contributed by atoms with Crippen molar-refractivity contribution in [1.82, 2.24) is 0 Å². The fourth-order valence-corrected chi connectivity index (χ4v) is 1.28. The molecular formula is C11H12FN. The van der Waals surface area contributed by atoms with Gasteiger partial charge in [0.05, 0.1) is 12.0 Å². The van der Waals surface area contributed by atoms with Crippen LogP contribution in [0.4, 0.5) is 4.39 Å². The second-order valence-corrected chi connectivity index (χ2v) is 3.40. The lowest BCUT2D eigenvalue weighted by Crippen LogP contribution is -2.03. The Bertz CT molecular complexity index is 308. The molecule has 0 aliphatic rings. The van der Waals surface area contributed by atoms with Crippen LogP contribution in [0.2, 0.25) is 0 Å². The number of hydrogen-bond acceptors (Lipinski definition) is 1. The number of hydrogen-bond donors (Lipinski definition) is 0. The van der Waals surface area contributed by atoms with E-state index in [1.807, 2.05) is 13.8 Å². The fourth-order valence-electron chi connectivity index (χ4n) is 1.28. The Labute approximate surface area is 77.8 Å². The molecule has 0 radical (unpaired) electrons. The topological polar surface area (TPSA) is 23.8 Å². The Morgan fingerprint density at radius 2 is 1.77 bits per heavy atom. The maximum absolute atomic E-state index is 12.6. The van der Waals surface area contributed by atoms with Gasteiger partial charge in [-0.1, -0.05) is 26.0 Å². The summed E-state index contributed by atoms with van der Waals surface area (Å²) in [6.45, 7) is 3.97. The Kier molecular flexibility index (Phi) is 3.02. The van der Waals surface area contributed by atoms with E-state index in [2.05, 4.69) is 6.07 Å². The van der Waals surface area contributed by atoms with Crippen LogP contribution in [0.1, 0.15) is 25.3 Å². The van der Waals surface area contributed by atoms with E-state index in [-0.39, 0.29) is 17.7 Å². The van der Waals surface area contributed by atoms with Crippen LogP contribution < -0.4 is 0 Å². The van der Waals surface area contributed by atoms with Gasteiger partial charge in [-0.15, -0.1) is 0 Å². The first-order valence-corrected chi connectivity index (χ1v) is 4.30. The molecular weight excluding hydrogens is 165 g/mol. The third-order valence-electron chi connectivity index (χ3n) is 2.03. The van der Waals surface area contributed by atoms with Gasteiger partial charge in [0.15, 0.2) is 0 Å². The molecule has 0 aliphatic heterocycles. The standard InChI is InChI=1S/C11H12FN/c1-8(2)11(7-13)9-3-5-10(12)6-4-9/h3-6,8,11H,1-2H3/t11-/m0/s1. The summed E-state index contributed by atoms with van der Waals surface area (Å²) in [7, 11) is 0. The van der Waals surface area contributed by atoms with E-state index in [0.717, 1.165) is 5.56 Å². The molecule has 0 amide bonds. The van der Waals surface area contributed by atoms with E-state index >= 15 is 0 Å². The van der Waals surface area contributed by atoms with E-state index in [1.54, 1.807) is 12.1 Å². The molecule has 0 spiro atoms. The minimum absolute atomic E-state index is 0.138. The van der Waals surface area contributed by atoms with Crippen molar-refractivity contribution in [1.29, 1.82) is 5.26 Å². The number of rotatable bonds is 2. The number of nitrogens with zero attached hydrogens (tertiary/aromatic N) is 1. The molecule has 1 aromatic rings. The number of halogens is 1. The van der Waals surface area contributed by atoms with Gasteiger partial charge < -0.3 is 0 Å². The SMILES string of the molecule is CC(C)[C@H](C#N)c1ccc(F)cc1. The van der Waals surface area contributed by atoms with E-state index in [4.69, 9.17) is 5.26 Å². The summed E-state index contributed by atoms with van der Waals surface area (Å²) in [4.78, 5) is 0. The second-order valence-electron chi connectivity index (χ2n) is 3.40. The van der Waals surface area contributed by atoms with Crippen LogP contribution in [0.25, 0.3) is 0 Å². The van der Waals surface area contributed by atoms with Crippen LogP contribution in [0.15, 0.2) is 24.3 Å². The van der Waals surface area contributed by atoms with Crippen molar-refractivity contribution in [2.45, 2.75) is 19.8 Å². The van der Waals surface area contributed by atoms with Gasteiger partial charge in [-0.05, 0) is 23.6 Å². The smallest absolute Gasteiger partial charge is 0.123 e. The van der Waals surface area contributed by atoms with E-state index in [0.29, 0.717) is 0 Å². The first kappa shape index (κ1) is 9.73. The van der Waals surface area contributed by atoms with Crippen molar-refractivity contribution >= 4 is 0 Å². The van der Waals surface area contributed by atoms with Crippen molar-refractivity contribution in [3.8, 4) is 6.07 Å². The van der Waals surface area contributed by atoms with Gasteiger partial charge in [-0.25, -0.2) is 4.39 Å². The van der Waals surface area contributed by atoms with Crippen LogP contribution in [-0.4, -0.2) is 0 Å². The third-order valence-corrected chi connectivity index (χ3v) is 2.03. The Morgan fingerprint density at radius 1 is 1.23 bits per heavy atom. The lowest BCUT2D eigenvalue weighted by atomic mass is 9.90. The highest BCUT2D eigenvalue weighted by molar-refractivity contribution is 5.25. The van der Waals surface area contributed by atoms with Crippen LogP contribution in [0.3, 0.4) is 0 Å². The van der Waals surface area contributed by atoms with Crippen LogP contribution in [0.5, 0.6) is 0 Å².